The van der Waals surface area contributed by atoms with E-state index in [1.165, 1.54) is 68.9 Å². The van der Waals surface area contributed by atoms with Crippen molar-refractivity contribution in [2.45, 2.75) is 6.42 Å². The number of phenols is 2. The van der Waals surface area contributed by atoms with Gasteiger partial charge in [0.15, 0.2) is 34.6 Å². The minimum atomic E-state index is -0.618. The van der Waals surface area contributed by atoms with Crippen LogP contribution in [0.15, 0.2) is 78.9 Å². The minimum Gasteiger partial charge on any atom is -0.508 e. The van der Waals surface area contributed by atoms with Crippen molar-refractivity contribution < 1.29 is 38.8 Å². The second-order valence-electron chi connectivity index (χ2n) is 7.96. The summed E-state index contributed by atoms with van der Waals surface area (Å²) in [5.41, 5.74) is 1.96. The molecule has 0 radical (unpaired) electrons. The van der Waals surface area contributed by atoms with Crippen molar-refractivity contribution in [3.8, 4) is 28.7 Å². The van der Waals surface area contributed by atoms with Gasteiger partial charge in [0.05, 0.1) is 20.6 Å². The predicted molar refractivity (Wildman–Crippen MR) is 143 cm³/mol. The Kier molecular flexibility index (Phi) is 9.59. The molecule has 3 aromatic rings. The van der Waals surface area contributed by atoms with Crippen LogP contribution in [-0.2, 0) is 14.4 Å². The number of ketones is 2. The highest BCUT2D eigenvalue weighted by molar-refractivity contribution is 6.10. The van der Waals surface area contributed by atoms with Gasteiger partial charge in [-0.05, 0) is 71.3 Å². The molecule has 3 aromatic carbocycles. The van der Waals surface area contributed by atoms with Crippen LogP contribution >= 0.6 is 0 Å². The highest BCUT2D eigenvalue weighted by Gasteiger charge is 2.10. The lowest BCUT2D eigenvalue weighted by molar-refractivity contribution is -0.129. The van der Waals surface area contributed by atoms with E-state index < -0.39 is 11.8 Å². The van der Waals surface area contributed by atoms with Crippen molar-refractivity contribution in [2.24, 2.45) is 0 Å². The highest BCUT2D eigenvalue weighted by atomic mass is 16.6. The number of allylic oxidation sites excluding steroid dienone is 2. The standard InChI is InChI=1S/C30H26O8/c1-36-28-17-21(7-14-26(28)34)5-12-24(32)19-25(33)13-6-22-8-15-27(29(18-22)37-2)38-30(35)16-9-20-3-10-23(31)11-4-20/h3-18,31,34H,19H2,1-2H3/b12-5+,13-6+,16-9+. The Balaban J connectivity index is 1.57. The Hall–Kier alpha value is -5.11. The highest BCUT2D eigenvalue weighted by Crippen LogP contribution is 2.29. The lowest BCUT2D eigenvalue weighted by Crippen LogP contribution is -2.05. The van der Waals surface area contributed by atoms with Crippen molar-refractivity contribution in [1.29, 1.82) is 0 Å². The van der Waals surface area contributed by atoms with E-state index in [1.54, 1.807) is 42.5 Å². The van der Waals surface area contributed by atoms with E-state index in [4.69, 9.17) is 14.2 Å². The van der Waals surface area contributed by atoms with Gasteiger partial charge in [-0.1, -0.05) is 36.4 Å². The number of aromatic hydroxyl groups is 2. The Morgan fingerprint density at radius 1 is 0.658 bits per heavy atom. The normalized spacial score (nSPS) is 11.2. The number of carbonyl (C=O) groups is 3. The first-order chi connectivity index (χ1) is 18.3. The van der Waals surface area contributed by atoms with Crippen LogP contribution in [0.1, 0.15) is 23.1 Å². The number of methoxy groups -OCH3 is 2. The van der Waals surface area contributed by atoms with Crippen molar-refractivity contribution >= 4 is 35.8 Å². The number of esters is 1. The van der Waals surface area contributed by atoms with Crippen LogP contribution in [0.3, 0.4) is 0 Å². The SMILES string of the molecule is COc1cc(/C=C/C(=O)CC(=O)/C=C/c2ccc(OC(=O)/C=C/c3ccc(O)cc3)c(OC)c2)ccc1O. The van der Waals surface area contributed by atoms with Gasteiger partial charge in [0, 0.05) is 6.08 Å². The van der Waals surface area contributed by atoms with Crippen LogP contribution in [0.5, 0.6) is 28.7 Å². The average molecular weight is 515 g/mol. The van der Waals surface area contributed by atoms with E-state index >= 15 is 0 Å². The largest absolute Gasteiger partial charge is 0.508 e. The molecule has 3 rings (SSSR count). The van der Waals surface area contributed by atoms with Crippen LogP contribution in [0.2, 0.25) is 0 Å². The molecule has 0 aliphatic heterocycles. The van der Waals surface area contributed by atoms with Crippen LogP contribution < -0.4 is 14.2 Å². The Morgan fingerprint density at radius 2 is 1.18 bits per heavy atom. The second kappa shape index (κ2) is 13.3. The summed E-state index contributed by atoms with van der Waals surface area (Å²) in [6, 6.07) is 15.7. The van der Waals surface area contributed by atoms with Crippen molar-refractivity contribution in [1.82, 2.24) is 0 Å². The third-order valence-corrected chi connectivity index (χ3v) is 5.18. The molecule has 0 unspecified atom stereocenters. The molecule has 8 nitrogen and oxygen atoms in total. The predicted octanol–water partition coefficient (Wildman–Crippen LogP) is 4.99. The average Bonchev–Trinajstić information content (AvgIpc) is 2.91. The monoisotopic (exact) mass is 514 g/mol. The topological polar surface area (TPSA) is 119 Å². The van der Waals surface area contributed by atoms with Gasteiger partial charge in [0.25, 0.3) is 0 Å². The molecule has 0 heterocycles. The first kappa shape index (κ1) is 27.5. The number of phenolic OH excluding ortho intramolecular Hbond substituents is 2. The van der Waals surface area contributed by atoms with Gasteiger partial charge < -0.3 is 24.4 Å². The number of benzene rings is 3. The van der Waals surface area contributed by atoms with E-state index in [-0.39, 0.29) is 41.0 Å². The number of hydrogen-bond donors (Lipinski definition) is 2. The van der Waals surface area contributed by atoms with E-state index in [9.17, 15) is 24.6 Å². The van der Waals surface area contributed by atoms with Gasteiger partial charge in [0.2, 0.25) is 0 Å². The molecule has 0 atom stereocenters. The van der Waals surface area contributed by atoms with Crippen LogP contribution in [0, 0.1) is 0 Å². The summed E-state index contributed by atoms with van der Waals surface area (Å²) < 4.78 is 15.7. The minimum absolute atomic E-state index is 0.0124. The molecule has 0 spiro atoms. The Labute approximate surface area is 219 Å². The summed E-state index contributed by atoms with van der Waals surface area (Å²) in [4.78, 5) is 36.6. The molecule has 0 saturated carbocycles. The van der Waals surface area contributed by atoms with E-state index in [0.717, 1.165) is 0 Å². The molecule has 8 heteroatoms. The van der Waals surface area contributed by atoms with Gasteiger partial charge in [-0.25, -0.2) is 4.79 Å². The van der Waals surface area contributed by atoms with Gasteiger partial charge in [-0.15, -0.1) is 0 Å². The second-order valence-corrected chi connectivity index (χ2v) is 7.96. The van der Waals surface area contributed by atoms with Crippen molar-refractivity contribution in [2.75, 3.05) is 14.2 Å². The maximum absolute atomic E-state index is 12.2. The molecule has 0 aliphatic carbocycles. The molecule has 0 aromatic heterocycles. The molecule has 2 N–H and O–H groups in total. The number of carbonyl (C=O) groups excluding carboxylic acids is 3. The van der Waals surface area contributed by atoms with Crippen LogP contribution in [0.25, 0.3) is 18.2 Å². The fourth-order valence-electron chi connectivity index (χ4n) is 3.23. The van der Waals surface area contributed by atoms with Crippen molar-refractivity contribution in [3.63, 3.8) is 0 Å². The van der Waals surface area contributed by atoms with Gasteiger partial charge in [-0.2, -0.15) is 0 Å². The molecule has 0 fully saturated rings. The molecule has 38 heavy (non-hydrogen) atoms. The van der Waals surface area contributed by atoms with Gasteiger partial charge in [0.1, 0.15) is 5.75 Å². The zero-order valence-corrected chi connectivity index (χ0v) is 20.8. The first-order valence-corrected chi connectivity index (χ1v) is 11.4. The van der Waals surface area contributed by atoms with Crippen LogP contribution in [0.4, 0.5) is 0 Å². The summed E-state index contributed by atoms with van der Waals surface area (Å²) in [5, 5.41) is 19.0. The quantitative estimate of drug-likeness (QED) is 0.159. The fraction of sp³-hybridized carbons (Fsp3) is 0.100. The van der Waals surface area contributed by atoms with Crippen molar-refractivity contribution in [3.05, 3.63) is 95.6 Å². The van der Waals surface area contributed by atoms with Crippen LogP contribution in [-0.4, -0.2) is 42.0 Å². The Morgan fingerprint density at radius 3 is 1.79 bits per heavy atom. The molecule has 0 bridgehead atoms. The maximum atomic E-state index is 12.2. The number of ether oxygens (including phenoxy) is 3. The Bertz CT molecular complexity index is 1400. The molecular weight excluding hydrogens is 488 g/mol. The zero-order chi connectivity index (χ0) is 27.5. The lowest BCUT2D eigenvalue weighted by Gasteiger charge is -2.08. The molecule has 0 aliphatic rings. The fourth-order valence-corrected chi connectivity index (χ4v) is 3.23. The lowest BCUT2D eigenvalue weighted by atomic mass is 10.1. The smallest absolute Gasteiger partial charge is 0.336 e. The maximum Gasteiger partial charge on any atom is 0.336 e. The van der Waals surface area contributed by atoms with E-state index in [0.29, 0.717) is 16.7 Å². The summed E-state index contributed by atoms with van der Waals surface area (Å²) in [6.07, 6.45) is 8.13. The molecular formula is C30H26O8. The summed E-state index contributed by atoms with van der Waals surface area (Å²) >= 11 is 0. The van der Waals surface area contributed by atoms with Gasteiger partial charge in [-0.3, -0.25) is 9.59 Å². The molecule has 0 amide bonds. The zero-order valence-electron chi connectivity index (χ0n) is 20.8. The molecule has 0 saturated heterocycles. The summed E-state index contributed by atoms with van der Waals surface area (Å²) in [6.45, 7) is 0. The third kappa shape index (κ3) is 8.23. The number of rotatable bonds is 11. The van der Waals surface area contributed by atoms with E-state index in [1.807, 2.05) is 0 Å². The van der Waals surface area contributed by atoms with Gasteiger partial charge >= 0.3 is 5.97 Å². The number of hydrogen-bond acceptors (Lipinski definition) is 8. The first-order valence-electron chi connectivity index (χ1n) is 11.4. The summed E-state index contributed by atoms with van der Waals surface area (Å²) in [7, 11) is 2.85. The third-order valence-electron chi connectivity index (χ3n) is 5.18. The summed E-state index contributed by atoms with van der Waals surface area (Å²) in [5.74, 6) is -0.518. The van der Waals surface area contributed by atoms with E-state index in [2.05, 4.69) is 0 Å². The molecule has 194 valence electrons.